The minimum absolute atomic E-state index is 0. The SMILES string of the molecule is C.C.C.C.CC.CC.CC.CC.CC1=NC(=Nc2c3cc4ccccc4cc3c(C)n2C)c2cc3ccccc3cc21.CCN.CCN.CCN.CCN.CCN1C(=NC)c2cc3ccccc3cc2C1=NC1=NC(=NC)c2cc3ccccc3cc21. The van der Waals surface area contributed by atoms with Gasteiger partial charge in [-0.2, -0.15) is 0 Å². The average Bonchev–Trinajstić information content (AvgIpc) is 1.71. The van der Waals surface area contributed by atoms with Crippen molar-refractivity contribution in [3.63, 3.8) is 0 Å². The first-order valence-corrected chi connectivity index (χ1v) is 29.9. The first-order valence-electron chi connectivity index (χ1n) is 29.9. The maximum Gasteiger partial charge on any atom is 0.164 e. The number of hydrogen-bond acceptors (Lipinski definition) is 8. The van der Waals surface area contributed by atoms with Crippen LogP contribution in [0.2, 0.25) is 0 Å². The largest absolute Gasteiger partial charge is 0.332 e. The Balaban J connectivity index is 0. The first kappa shape index (κ1) is 81.1. The number of rotatable bonds is 2. The first-order chi connectivity index (χ1) is 40.5. The van der Waals surface area contributed by atoms with Gasteiger partial charge in [0.15, 0.2) is 17.5 Å². The van der Waals surface area contributed by atoms with Crippen LogP contribution in [0.15, 0.2) is 176 Å². The molecule has 12 rings (SSSR count). The highest BCUT2D eigenvalue weighted by Gasteiger charge is 2.33. The van der Waals surface area contributed by atoms with Crippen LogP contribution in [0.5, 0.6) is 0 Å². The summed E-state index contributed by atoms with van der Waals surface area (Å²) in [4.78, 5) is 31.2. The van der Waals surface area contributed by atoms with Gasteiger partial charge in [-0.3, -0.25) is 9.98 Å². The van der Waals surface area contributed by atoms with E-state index >= 15 is 0 Å². The molecule has 8 N–H and O–H groups in total. The van der Waals surface area contributed by atoms with E-state index < -0.39 is 0 Å². The number of nitrogens with zero attached hydrogens (tertiary/aromatic N) is 8. The molecule has 3 aliphatic rings. The maximum absolute atomic E-state index is 5.15. The van der Waals surface area contributed by atoms with Gasteiger partial charge < -0.3 is 32.4 Å². The zero-order chi connectivity index (χ0) is 61.8. The summed E-state index contributed by atoms with van der Waals surface area (Å²) in [7, 11) is 5.72. The minimum Gasteiger partial charge on any atom is -0.332 e. The molecule has 0 fully saturated rings. The van der Waals surface area contributed by atoms with Crippen molar-refractivity contribution in [2.24, 2.45) is 59.9 Å². The van der Waals surface area contributed by atoms with Crippen molar-refractivity contribution >= 4 is 94.6 Å². The van der Waals surface area contributed by atoms with Crippen LogP contribution in [0.1, 0.15) is 166 Å². The van der Waals surface area contributed by atoms with E-state index in [1.54, 1.807) is 7.05 Å². The fourth-order valence-corrected chi connectivity index (χ4v) is 9.42. The van der Waals surface area contributed by atoms with E-state index in [0.29, 0.717) is 5.84 Å². The van der Waals surface area contributed by atoms with Gasteiger partial charge in [0.05, 0.1) is 0 Å². The number of fused-ring (bicyclic) bond motifs is 8. The lowest BCUT2D eigenvalue weighted by Crippen LogP contribution is -2.31. The van der Waals surface area contributed by atoms with Gasteiger partial charge in [0, 0.05) is 83.2 Å². The van der Waals surface area contributed by atoms with Crippen molar-refractivity contribution in [1.29, 1.82) is 0 Å². The number of amidine groups is 5. The van der Waals surface area contributed by atoms with Gasteiger partial charge in [-0.25, -0.2) is 20.0 Å². The Morgan fingerprint density at radius 3 is 1.08 bits per heavy atom. The molecule has 0 atom stereocenters. The third-order valence-corrected chi connectivity index (χ3v) is 12.7. The van der Waals surface area contributed by atoms with Crippen LogP contribution >= 0.6 is 0 Å². The van der Waals surface area contributed by atoms with E-state index in [1.165, 1.54) is 65.1 Å². The van der Waals surface area contributed by atoms with Crippen molar-refractivity contribution < 1.29 is 0 Å². The summed E-state index contributed by atoms with van der Waals surface area (Å²) in [6, 6.07) is 51.5. The van der Waals surface area contributed by atoms with Gasteiger partial charge in [0.2, 0.25) is 0 Å². The van der Waals surface area contributed by atoms with E-state index in [9.17, 15) is 0 Å². The summed E-state index contributed by atoms with van der Waals surface area (Å²) in [5, 5.41) is 12.1. The highest BCUT2D eigenvalue weighted by Crippen LogP contribution is 2.37. The number of aliphatic imine (C=N–C) groups is 6. The summed E-state index contributed by atoms with van der Waals surface area (Å²) in [6.45, 7) is 33.7. The predicted octanol–water partition coefficient (Wildman–Crippen LogP) is 18.5. The Labute approximate surface area is 526 Å². The molecule has 12 nitrogen and oxygen atoms in total. The van der Waals surface area contributed by atoms with Crippen LogP contribution in [-0.2, 0) is 7.05 Å². The summed E-state index contributed by atoms with van der Waals surface area (Å²) < 4.78 is 2.18. The highest BCUT2D eigenvalue weighted by atomic mass is 15.3. The molecule has 0 aliphatic carbocycles. The molecule has 0 spiro atoms. The number of hydrogen-bond donors (Lipinski definition) is 4. The molecule has 87 heavy (non-hydrogen) atoms. The quantitative estimate of drug-likeness (QED) is 0.134. The molecule has 472 valence electrons. The number of nitrogens with two attached hydrogens (primary N) is 4. The lowest BCUT2D eigenvalue weighted by atomic mass is 10.00. The topological polar surface area (TPSA) is 186 Å². The molecule has 4 heterocycles. The fraction of sp³-hybridized carbons (Fsp3) is 0.360. The summed E-state index contributed by atoms with van der Waals surface area (Å²) in [6.07, 6.45) is 0. The van der Waals surface area contributed by atoms with Crippen LogP contribution < -0.4 is 22.9 Å². The standard InChI is InChI=1S/C28H23N5.C27H21N3.4C2H7N.4C2H6.4CH4/c1-4-33-27(30-3)23-15-19-11-7-8-12-20(19)16-24(23)28(33)32-26-22-14-18-10-6-5-9-17(18)13-21(22)25(29-2)31-26;1-16-22-12-18-8-4-6-10-20(18)14-24(22)26(28-16)29-27-25-15-21-11-7-5-9-19(21)13-23(25)17(2)30(27)3;4*1-2-3;4*1-2;;;;/h5-16H,4H2,1-3H3;4-15H,1-3H3;4*2-3H2,1H3;4*1-2H3;4*1H4. The van der Waals surface area contributed by atoms with Crippen molar-refractivity contribution in [2.75, 3.05) is 46.8 Å². The second-order valence-electron chi connectivity index (χ2n) is 17.9. The number of benzene rings is 8. The maximum atomic E-state index is 5.15. The minimum atomic E-state index is 0. The second kappa shape index (κ2) is 41.9. The molecule has 1 aromatic heterocycles. The van der Waals surface area contributed by atoms with E-state index in [2.05, 4.69) is 193 Å². The zero-order valence-electron chi connectivity index (χ0n) is 53.3. The van der Waals surface area contributed by atoms with Crippen LogP contribution in [0.3, 0.4) is 0 Å². The summed E-state index contributed by atoms with van der Waals surface area (Å²) in [5.41, 5.74) is 28.2. The number of aromatic nitrogens is 1. The van der Waals surface area contributed by atoms with Gasteiger partial charge in [-0.15, -0.1) is 0 Å². The Bertz CT molecular complexity index is 3700. The molecular weight excluding hydrogens is 1070 g/mol. The van der Waals surface area contributed by atoms with Crippen LogP contribution in [0.4, 0.5) is 5.82 Å². The Morgan fingerprint density at radius 1 is 0.391 bits per heavy atom. The smallest absolute Gasteiger partial charge is 0.164 e. The molecule has 0 unspecified atom stereocenters. The Hall–Kier alpha value is -8.00. The molecule has 9 aromatic rings. The van der Waals surface area contributed by atoms with Gasteiger partial charge in [-0.1, -0.05) is 210 Å². The third-order valence-electron chi connectivity index (χ3n) is 12.7. The summed E-state index contributed by atoms with van der Waals surface area (Å²) >= 11 is 0. The lowest BCUT2D eigenvalue weighted by molar-refractivity contribution is 0.656. The highest BCUT2D eigenvalue weighted by molar-refractivity contribution is 6.32. The monoisotopic (exact) mass is 1180 g/mol. The van der Waals surface area contributed by atoms with Crippen LogP contribution in [0.25, 0.3) is 53.9 Å². The predicted molar refractivity (Wildman–Crippen MR) is 397 cm³/mol. The van der Waals surface area contributed by atoms with E-state index in [4.69, 9.17) is 42.9 Å². The van der Waals surface area contributed by atoms with Crippen molar-refractivity contribution in [3.05, 3.63) is 185 Å². The molecule has 3 aliphatic heterocycles. The summed E-state index contributed by atoms with van der Waals surface area (Å²) in [5.74, 6) is 5.00. The van der Waals surface area contributed by atoms with Crippen LogP contribution in [0, 0.1) is 6.92 Å². The van der Waals surface area contributed by atoms with Gasteiger partial charge in [0.1, 0.15) is 17.5 Å². The fourth-order valence-electron chi connectivity index (χ4n) is 9.42. The van der Waals surface area contributed by atoms with E-state index in [0.717, 1.165) is 95.4 Å². The van der Waals surface area contributed by atoms with Gasteiger partial charge in [0.25, 0.3) is 0 Å². The average molecular weight is 1180 g/mol. The van der Waals surface area contributed by atoms with E-state index in [1.807, 2.05) is 90.1 Å². The molecule has 0 amide bonds. The lowest BCUT2D eigenvalue weighted by Gasteiger charge is -2.17. The van der Waals surface area contributed by atoms with Gasteiger partial charge in [-0.05, 0) is 139 Å². The number of aryl methyl sites for hydroxylation is 1. The van der Waals surface area contributed by atoms with Gasteiger partial charge >= 0.3 is 0 Å². The molecule has 12 heteroatoms. The van der Waals surface area contributed by atoms with Crippen molar-refractivity contribution in [3.8, 4) is 0 Å². The Morgan fingerprint density at radius 2 is 0.713 bits per heavy atom. The molecule has 0 radical (unpaired) electrons. The third kappa shape index (κ3) is 19.0. The van der Waals surface area contributed by atoms with Crippen molar-refractivity contribution in [2.45, 2.75) is 134 Å². The Kier molecular flexibility index (Phi) is 39.1. The second-order valence-corrected chi connectivity index (χ2v) is 17.9. The molecule has 8 aromatic carbocycles. The molecular formula is C75H112N12. The normalized spacial score (nSPS) is 13.2. The molecule has 0 saturated carbocycles. The van der Waals surface area contributed by atoms with Crippen molar-refractivity contribution in [1.82, 2.24) is 9.47 Å². The van der Waals surface area contributed by atoms with E-state index in [-0.39, 0.29) is 29.7 Å². The zero-order valence-corrected chi connectivity index (χ0v) is 53.3. The molecule has 0 saturated heterocycles. The van der Waals surface area contributed by atoms with Crippen LogP contribution in [-0.4, -0.2) is 91.2 Å². The molecule has 0 bridgehead atoms.